The molecule has 0 radical (unpaired) electrons. The third-order valence-electron chi connectivity index (χ3n) is 1.43. The van der Waals surface area contributed by atoms with E-state index in [1.165, 1.54) is 12.1 Å². The minimum atomic E-state index is -0.462. The maximum absolute atomic E-state index is 10.2. The Morgan fingerprint density at radius 1 is 1.38 bits per heavy atom. The molecule has 1 rings (SSSR count). The predicted molar refractivity (Wildman–Crippen MR) is 45.3 cm³/mol. The van der Waals surface area contributed by atoms with Crippen LogP contribution in [0.15, 0.2) is 24.3 Å². The number of hydrogen-bond donors (Lipinski definition) is 2. The van der Waals surface area contributed by atoms with E-state index >= 15 is 0 Å². The monoisotopic (exact) mass is 186 g/mol. The summed E-state index contributed by atoms with van der Waals surface area (Å²) in [6.45, 7) is 0.290. The maximum atomic E-state index is 10.2. The molecule has 0 saturated carbocycles. The minimum Gasteiger partial charge on any atom is -0.412 e. The van der Waals surface area contributed by atoms with Crippen molar-refractivity contribution in [2.45, 2.75) is 6.54 Å². The Kier molecular flexibility index (Phi) is 4.60. The normalized spacial score (nSPS) is 9.00. The van der Waals surface area contributed by atoms with Gasteiger partial charge in [0.15, 0.2) is 0 Å². The lowest BCUT2D eigenvalue weighted by Gasteiger charge is -1.96. The molecule has 4 N–H and O–H groups in total. The summed E-state index contributed by atoms with van der Waals surface area (Å²) in [5.74, 6) is 0. The van der Waals surface area contributed by atoms with Gasteiger partial charge in [-0.25, -0.2) is 5.48 Å². The Morgan fingerprint density at radius 3 is 2.31 bits per heavy atom. The molecule has 0 aliphatic carbocycles. The van der Waals surface area contributed by atoms with Gasteiger partial charge in [0.05, 0.1) is 4.92 Å². The van der Waals surface area contributed by atoms with Crippen molar-refractivity contribution < 1.29 is 15.6 Å². The van der Waals surface area contributed by atoms with E-state index < -0.39 is 4.92 Å². The van der Waals surface area contributed by atoms with E-state index in [1.54, 1.807) is 12.1 Å². The van der Waals surface area contributed by atoms with Crippen molar-refractivity contribution in [3.05, 3.63) is 39.9 Å². The van der Waals surface area contributed by atoms with E-state index in [9.17, 15) is 10.1 Å². The van der Waals surface area contributed by atoms with E-state index in [4.69, 9.17) is 5.21 Å². The SMILES string of the molecule is O.O=[N+]([O-])c1ccc(CNO)cc1. The van der Waals surface area contributed by atoms with Gasteiger partial charge in [-0.15, -0.1) is 0 Å². The van der Waals surface area contributed by atoms with E-state index in [0.717, 1.165) is 5.56 Å². The number of nitrogens with one attached hydrogen (secondary N) is 1. The molecule has 0 fully saturated rings. The van der Waals surface area contributed by atoms with Crippen molar-refractivity contribution in [1.82, 2.24) is 5.48 Å². The summed E-state index contributed by atoms with van der Waals surface area (Å²) in [4.78, 5) is 9.75. The van der Waals surface area contributed by atoms with Gasteiger partial charge < -0.3 is 10.7 Å². The summed E-state index contributed by atoms with van der Waals surface area (Å²) in [6, 6.07) is 5.96. The third kappa shape index (κ3) is 3.16. The van der Waals surface area contributed by atoms with Gasteiger partial charge in [-0.3, -0.25) is 10.1 Å². The van der Waals surface area contributed by atoms with E-state index in [1.807, 2.05) is 5.48 Å². The van der Waals surface area contributed by atoms with E-state index in [-0.39, 0.29) is 17.7 Å². The number of non-ortho nitro benzene ring substituents is 1. The number of hydroxylamine groups is 1. The van der Waals surface area contributed by atoms with Crippen molar-refractivity contribution >= 4 is 5.69 Å². The zero-order valence-corrected chi connectivity index (χ0v) is 6.73. The van der Waals surface area contributed by atoms with Crippen LogP contribution in [0, 0.1) is 10.1 Å². The first-order chi connectivity index (χ1) is 5.74. The van der Waals surface area contributed by atoms with Gasteiger partial charge in [-0.05, 0) is 5.56 Å². The molecule has 1 aromatic carbocycles. The van der Waals surface area contributed by atoms with Gasteiger partial charge in [0.2, 0.25) is 0 Å². The average Bonchev–Trinajstić information content (AvgIpc) is 2.06. The van der Waals surface area contributed by atoms with Crippen LogP contribution in [-0.4, -0.2) is 15.6 Å². The highest BCUT2D eigenvalue weighted by atomic mass is 16.6. The minimum absolute atomic E-state index is 0. The van der Waals surface area contributed by atoms with Gasteiger partial charge in [-0.1, -0.05) is 12.1 Å². The standard InChI is InChI=1S/C7H8N2O3.H2O/c10-8-5-6-1-3-7(4-2-6)9(11)12;/h1-4,8,10H,5H2;1H2. The quantitative estimate of drug-likeness (QED) is 0.521. The molecule has 13 heavy (non-hydrogen) atoms. The second-order valence-electron chi connectivity index (χ2n) is 2.26. The molecular formula is C7H10N2O4. The zero-order chi connectivity index (χ0) is 8.97. The molecule has 6 heteroatoms. The molecule has 0 aliphatic rings. The number of benzene rings is 1. The van der Waals surface area contributed by atoms with E-state index in [2.05, 4.69) is 0 Å². The van der Waals surface area contributed by atoms with E-state index in [0.29, 0.717) is 0 Å². The molecule has 0 heterocycles. The van der Waals surface area contributed by atoms with Crippen molar-refractivity contribution in [3.63, 3.8) is 0 Å². The van der Waals surface area contributed by atoms with Gasteiger partial charge in [0.25, 0.3) is 5.69 Å². The van der Waals surface area contributed by atoms with Crippen LogP contribution < -0.4 is 5.48 Å². The molecule has 0 unspecified atom stereocenters. The summed E-state index contributed by atoms with van der Waals surface area (Å²) in [5.41, 5.74) is 2.81. The second kappa shape index (κ2) is 5.20. The van der Waals surface area contributed by atoms with Gasteiger partial charge >= 0.3 is 0 Å². The Hall–Kier alpha value is -1.50. The molecule has 6 nitrogen and oxygen atoms in total. The molecule has 0 saturated heterocycles. The van der Waals surface area contributed by atoms with Crippen LogP contribution in [0.25, 0.3) is 0 Å². The molecule has 1 aromatic rings. The fourth-order valence-corrected chi connectivity index (χ4v) is 0.827. The lowest BCUT2D eigenvalue weighted by Crippen LogP contribution is -2.05. The van der Waals surface area contributed by atoms with Crippen molar-refractivity contribution in [3.8, 4) is 0 Å². The predicted octanol–water partition coefficient (Wildman–Crippen LogP) is 0.249. The van der Waals surface area contributed by atoms with Crippen molar-refractivity contribution in [1.29, 1.82) is 0 Å². The number of nitro groups is 1. The first kappa shape index (κ1) is 11.5. The number of hydrogen-bond acceptors (Lipinski definition) is 4. The number of rotatable bonds is 3. The first-order valence-electron chi connectivity index (χ1n) is 3.34. The maximum Gasteiger partial charge on any atom is 0.269 e. The van der Waals surface area contributed by atoms with Gasteiger partial charge in [0.1, 0.15) is 0 Å². The fraction of sp³-hybridized carbons (Fsp3) is 0.143. The lowest BCUT2D eigenvalue weighted by atomic mass is 10.2. The smallest absolute Gasteiger partial charge is 0.269 e. The van der Waals surface area contributed by atoms with Crippen LogP contribution in [0.5, 0.6) is 0 Å². The third-order valence-corrected chi connectivity index (χ3v) is 1.43. The van der Waals surface area contributed by atoms with Crippen LogP contribution in [0.1, 0.15) is 5.56 Å². The van der Waals surface area contributed by atoms with Crippen molar-refractivity contribution in [2.24, 2.45) is 0 Å². The lowest BCUT2D eigenvalue weighted by molar-refractivity contribution is -0.384. The molecule has 0 spiro atoms. The molecule has 0 aliphatic heterocycles. The molecule has 72 valence electrons. The summed E-state index contributed by atoms with van der Waals surface area (Å²) >= 11 is 0. The molecule has 0 atom stereocenters. The Morgan fingerprint density at radius 2 is 1.92 bits per heavy atom. The molecular weight excluding hydrogens is 176 g/mol. The number of nitrogens with zero attached hydrogens (tertiary/aromatic N) is 1. The summed E-state index contributed by atoms with van der Waals surface area (Å²) in [5, 5.41) is 18.5. The van der Waals surface area contributed by atoms with Crippen LogP contribution in [0.4, 0.5) is 5.69 Å². The van der Waals surface area contributed by atoms with Gasteiger partial charge in [-0.2, -0.15) is 0 Å². The Labute approximate surface area is 74.2 Å². The Bertz CT molecular complexity index is 272. The zero-order valence-electron chi connectivity index (χ0n) is 6.73. The van der Waals surface area contributed by atoms with Crippen LogP contribution in [-0.2, 0) is 6.54 Å². The Balaban J connectivity index is 0.00000144. The summed E-state index contributed by atoms with van der Waals surface area (Å²) in [6.07, 6.45) is 0. The van der Waals surface area contributed by atoms with Crippen LogP contribution in [0.3, 0.4) is 0 Å². The highest BCUT2D eigenvalue weighted by molar-refractivity contribution is 5.32. The molecule has 0 amide bonds. The highest BCUT2D eigenvalue weighted by Crippen LogP contribution is 2.11. The fourth-order valence-electron chi connectivity index (χ4n) is 0.827. The molecule has 0 bridgehead atoms. The van der Waals surface area contributed by atoms with Crippen molar-refractivity contribution in [2.75, 3.05) is 0 Å². The summed E-state index contributed by atoms with van der Waals surface area (Å²) < 4.78 is 0. The number of nitro benzene ring substituents is 1. The van der Waals surface area contributed by atoms with Crippen LogP contribution in [0.2, 0.25) is 0 Å². The largest absolute Gasteiger partial charge is 0.412 e. The van der Waals surface area contributed by atoms with Gasteiger partial charge in [0, 0.05) is 18.7 Å². The average molecular weight is 186 g/mol. The van der Waals surface area contributed by atoms with Crippen LogP contribution >= 0.6 is 0 Å². The molecule has 0 aromatic heterocycles. The second-order valence-corrected chi connectivity index (χ2v) is 2.26. The topological polar surface area (TPSA) is 107 Å². The highest BCUT2D eigenvalue weighted by Gasteiger charge is 2.02. The summed E-state index contributed by atoms with van der Waals surface area (Å²) in [7, 11) is 0. The first-order valence-corrected chi connectivity index (χ1v) is 3.34.